The van der Waals surface area contributed by atoms with Crippen molar-refractivity contribution in [3.05, 3.63) is 11.3 Å². The fourth-order valence-electron chi connectivity index (χ4n) is 1.75. The van der Waals surface area contributed by atoms with E-state index in [2.05, 4.69) is 10.2 Å². The Balaban J connectivity index is 2.44. The monoisotopic (exact) mass is 275 g/mol. The van der Waals surface area contributed by atoms with Crippen molar-refractivity contribution in [2.75, 3.05) is 26.3 Å². The maximum atomic E-state index is 12.3. The molecule has 1 aliphatic heterocycles. The van der Waals surface area contributed by atoms with Crippen LogP contribution in [-0.2, 0) is 14.8 Å². The molecule has 0 bridgehead atoms. The zero-order chi connectivity index (χ0) is 13.3. The lowest BCUT2D eigenvalue weighted by atomic mass is 10.3. The summed E-state index contributed by atoms with van der Waals surface area (Å²) in [6.45, 7) is 2.46. The van der Waals surface area contributed by atoms with E-state index >= 15 is 0 Å². The molecule has 1 saturated heterocycles. The van der Waals surface area contributed by atoms with Crippen molar-refractivity contribution in [1.29, 1.82) is 0 Å². The van der Waals surface area contributed by atoms with Crippen molar-refractivity contribution in [2.45, 2.75) is 11.9 Å². The summed E-state index contributed by atoms with van der Waals surface area (Å²) in [5.41, 5.74) is -0.0872. The molecule has 0 aliphatic carbocycles. The van der Waals surface area contributed by atoms with Crippen molar-refractivity contribution < 1.29 is 23.1 Å². The fourth-order valence-corrected chi connectivity index (χ4v) is 3.29. The molecule has 9 heteroatoms. The highest BCUT2D eigenvalue weighted by molar-refractivity contribution is 7.89. The number of carboxylic acids is 1. The Morgan fingerprint density at radius 1 is 1.44 bits per heavy atom. The molecule has 100 valence electrons. The van der Waals surface area contributed by atoms with Gasteiger partial charge in [-0.2, -0.15) is 9.40 Å². The summed E-state index contributed by atoms with van der Waals surface area (Å²) in [5, 5.41) is 14.6. The first-order valence-corrected chi connectivity index (χ1v) is 6.74. The van der Waals surface area contributed by atoms with Gasteiger partial charge in [0.05, 0.1) is 13.2 Å². The SMILES string of the molecule is Cc1[nH]nc(S(=O)(=O)N2CCOCC2)c1C(=O)O. The van der Waals surface area contributed by atoms with Crippen LogP contribution in [0.3, 0.4) is 0 Å². The summed E-state index contributed by atoms with van der Waals surface area (Å²) < 4.78 is 30.7. The number of aromatic carboxylic acids is 1. The number of hydrogen-bond acceptors (Lipinski definition) is 5. The molecule has 18 heavy (non-hydrogen) atoms. The van der Waals surface area contributed by atoms with Crippen LogP contribution in [0.5, 0.6) is 0 Å². The highest BCUT2D eigenvalue weighted by atomic mass is 32.2. The standard InChI is InChI=1S/C9H13N3O5S/c1-6-7(9(13)14)8(11-10-6)18(15,16)12-2-4-17-5-3-12/h2-5H2,1H3,(H,10,11)(H,13,14). The number of sulfonamides is 1. The zero-order valence-electron chi connectivity index (χ0n) is 9.71. The number of aromatic nitrogens is 2. The van der Waals surface area contributed by atoms with E-state index in [0.29, 0.717) is 13.2 Å². The maximum Gasteiger partial charge on any atom is 0.340 e. The van der Waals surface area contributed by atoms with Gasteiger partial charge < -0.3 is 9.84 Å². The molecule has 1 aliphatic rings. The number of aromatic amines is 1. The molecule has 2 rings (SSSR count). The zero-order valence-corrected chi connectivity index (χ0v) is 10.5. The Hall–Kier alpha value is -1.45. The van der Waals surface area contributed by atoms with Crippen LogP contribution in [0.15, 0.2) is 5.03 Å². The highest BCUT2D eigenvalue weighted by Gasteiger charge is 2.34. The molecule has 1 aromatic rings. The maximum absolute atomic E-state index is 12.3. The molecule has 8 nitrogen and oxygen atoms in total. The Morgan fingerprint density at radius 3 is 2.61 bits per heavy atom. The number of nitrogens with one attached hydrogen (secondary N) is 1. The van der Waals surface area contributed by atoms with E-state index < -0.39 is 21.0 Å². The van der Waals surface area contributed by atoms with Gasteiger partial charge in [0, 0.05) is 18.8 Å². The molecule has 1 aromatic heterocycles. The lowest BCUT2D eigenvalue weighted by Crippen LogP contribution is -2.41. The summed E-state index contributed by atoms with van der Waals surface area (Å²) in [6.07, 6.45) is 0. The first-order valence-electron chi connectivity index (χ1n) is 5.30. The molecule has 0 unspecified atom stereocenters. The largest absolute Gasteiger partial charge is 0.478 e. The summed E-state index contributed by atoms with van der Waals surface area (Å²) >= 11 is 0. The molecule has 0 aromatic carbocycles. The molecule has 0 amide bonds. The molecule has 2 N–H and O–H groups in total. The minimum absolute atomic E-state index is 0.202. The number of ether oxygens (including phenoxy) is 1. The van der Waals surface area contributed by atoms with Crippen molar-refractivity contribution in [3.63, 3.8) is 0 Å². The average Bonchev–Trinajstić information content (AvgIpc) is 2.73. The van der Waals surface area contributed by atoms with E-state index in [1.165, 1.54) is 11.2 Å². The number of carboxylic acid groups (broad SMARTS) is 1. The van der Waals surface area contributed by atoms with Crippen LogP contribution in [0.25, 0.3) is 0 Å². The van der Waals surface area contributed by atoms with Gasteiger partial charge in [-0.1, -0.05) is 0 Å². The smallest absolute Gasteiger partial charge is 0.340 e. The van der Waals surface area contributed by atoms with Gasteiger partial charge in [0.15, 0.2) is 0 Å². The molecular weight excluding hydrogens is 262 g/mol. The Bertz CT molecular complexity index is 559. The third-order valence-electron chi connectivity index (χ3n) is 2.68. The van der Waals surface area contributed by atoms with Crippen LogP contribution in [0.2, 0.25) is 0 Å². The van der Waals surface area contributed by atoms with E-state index in [4.69, 9.17) is 9.84 Å². The van der Waals surface area contributed by atoms with Crippen LogP contribution >= 0.6 is 0 Å². The number of morpholine rings is 1. The van der Waals surface area contributed by atoms with Gasteiger partial charge in [0.25, 0.3) is 10.0 Å². The van der Waals surface area contributed by atoms with Gasteiger partial charge in [-0.3, -0.25) is 5.10 Å². The lowest BCUT2D eigenvalue weighted by molar-refractivity contribution is 0.0687. The minimum atomic E-state index is -3.89. The van der Waals surface area contributed by atoms with Crippen LogP contribution in [0.4, 0.5) is 0 Å². The second-order valence-electron chi connectivity index (χ2n) is 3.85. The predicted octanol–water partition coefficient (Wildman–Crippen LogP) is -0.563. The van der Waals surface area contributed by atoms with Crippen LogP contribution < -0.4 is 0 Å². The lowest BCUT2D eigenvalue weighted by Gasteiger charge is -2.25. The van der Waals surface area contributed by atoms with Gasteiger partial charge in [-0.25, -0.2) is 13.2 Å². The highest BCUT2D eigenvalue weighted by Crippen LogP contribution is 2.21. The predicted molar refractivity (Wildman–Crippen MR) is 59.9 cm³/mol. The van der Waals surface area contributed by atoms with Crippen LogP contribution in [0, 0.1) is 6.92 Å². The van der Waals surface area contributed by atoms with Gasteiger partial charge in [0.2, 0.25) is 5.03 Å². The number of H-pyrrole nitrogens is 1. The van der Waals surface area contributed by atoms with E-state index in [1.54, 1.807) is 0 Å². The normalized spacial score (nSPS) is 17.8. The molecule has 2 heterocycles. The number of aryl methyl sites for hydroxylation is 1. The van der Waals surface area contributed by atoms with E-state index in [1.807, 2.05) is 0 Å². The third kappa shape index (κ3) is 2.11. The molecule has 0 saturated carbocycles. The number of rotatable bonds is 3. The van der Waals surface area contributed by atoms with Gasteiger partial charge in [0.1, 0.15) is 5.56 Å². The van der Waals surface area contributed by atoms with E-state index in [-0.39, 0.29) is 24.3 Å². The molecule has 0 atom stereocenters. The van der Waals surface area contributed by atoms with Crippen LogP contribution in [0.1, 0.15) is 16.1 Å². The van der Waals surface area contributed by atoms with Crippen LogP contribution in [-0.4, -0.2) is 60.3 Å². The molecule has 0 radical (unpaired) electrons. The first-order chi connectivity index (χ1) is 8.44. The summed E-state index contributed by atoms with van der Waals surface area (Å²) in [4.78, 5) is 11.1. The molecule has 1 fully saturated rings. The Kier molecular flexibility index (Phi) is 3.37. The van der Waals surface area contributed by atoms with Gasteiger partial charge in [-0.05, 0) is 6.92 Å². The fraction of sp³-hybridized carbons (Fsp3) is 0.556. The topological polar surface area (TPSA) is 113 Å². The van der Waals surface area contributed by atoms with Crippen molar-refractivity contribution in [2.24, 2.45) is 0 Å². The Labute approximate surface area is 104 Å². The summed E-state index contributed by atoms with van der Waals surface area (Å²) in [6, 6.07) is 0. The van der Waals surface area contributed by atoms with Gasteiger partial charge in [-0.15, -0.1) is 0 Å². The van der Waals surface area contributed by atoms with Crippen molar-refractivity contribution in [3.8, 4) is 0 Å². The second-order valence-corrected chi connectivity index (χ2v) is 5.70. The van der Waals surface area contributed by atoms with Gasteiger partial charge >= 0.3 is 5.97 Å². The molecule has 0 spiro atoms. The average molecular weight is 275 g/mol. The van der Waals surface area contributed by atoms with E-state index in [0.717, 1.165) is 0 Å². The Morgan fingerprint density at radius 2 is 2.06 bits per heavy atom. The third-order valence-corrected chi connectivity index (χ3v) is 4.51. The number of nitrogens with zero attached hydrogens (tertiary/aromatic N) is 2. The summed E-state index contributed by atoms with van der Waals surface area (Å²) in [5.74, 6) is -1.31. The minimum Gasteiger partial charge on any atom is -0.478 e. The second kappa shape index (κ2) is 4.67. The number of carbonyl (C=O) groups is 1. The molecular formula is C9H13N3O5S. The quantitative estimate of drug-likeness (QED) is 0.764. The van der Waals surface area contributed by atoms with Crippen molar-refractivity contribution in [1.82, 2.24) is 14.5 Å². The van der Waals surface area contributed by atoms with Crippen molar-refractivity contribution >= 4 is 16.0 Å². The first kappa shape index (κ1) is 13.0. The number of hydrogen-bond donors (Lipinski definition) is 2. The van der Waals surface area contributed by atoms with E-state index in [9.17, 15) is 13.2 Å². The summed E-state index contributed by atoms with van der Waals surface area (Å²) in [7, 11) is -3.89.